The summed E-state index contributed by atoms with van der Waals surface area (Å²) in [4.78, 5) is 38.5. The number of hydrogen-bond donors (Lipinski definition) is 1. The second-order valence-corrected chi connectivity index (χ2v) is 14.4. The van der Waals surface area contributed by atoms with E-state index in [1.807, 2.05) is 36.4 Å². The molecule has 1 fully saturated rings. The van der Waals surface area contributed by atoms with E-state index in [2.05, 4.69) is 50.0 Å². The Kier molecular flexibility index (Phi) is 7.07. The molecule has 7 nitrogen and oxygen atoms in total. The number of nitrogens with one attached hydrogen (secondary N) is 1. The van der Waals surface area contributed by atoms with Crippen LogP contribution in [0.1, 0.15) is 39.0 Å². The molecule has 0 unspecified atom stereocenters. The molecule has 3 aromatic rings. The van der Waals surface area contributed by atoms with Crippen LogP contribution in [-0.4, -0.2) is 36.9 Å². The second-order valence-electron chi connectivity index (χ2n) is 10.1. The molecule has 1 saturated heterocycles. The summed E-state index contributed by atoms with van der Waals surface area (Å²) in [5.74, 6) is -0.433. The van der Waals surface area contributed by atoms with Crippen molar-refractivity contribution in [1.82, 2.24) is 9.55 Å². The Morgan fingerprint density at radius 2 is 1.63 bits per heavy atom. The van der Waals surface area contributed by atoms with E-state index in [1.165, 1.54) is 10.8 Å². The van der Waals surface area contributed by atoms with E-state index in [-0.39, 0.29) is 11.6 Å². The summed E-state index contributed by atoms with van der Waals surface area (Å²) in [7, 11) is -2.80. The monoisotopic (exact) mass is 492 g/mol. The Bertz CT molecular complexity index is 1240. The normalized spacial score (nSPS) is 20.6. The van der Waals surface area contributed by atoms with E-state index in [9.17, 15) is 14.4 Å². The molecule has 8 heteroatoms. The second kappa shape index (κ2) is 9.89. The SMILES string of the molecule is Cc1cn([C@H]2C[C@H](C=O)[C@H](CO[Si](c3ccccc3)(c3ccccc3)C(C)(C)C)O2)c(=O)[nH]c1=O. The maximum Gasteiger partial charge on any atom is 0.330 e. The lowest BCUT2D eigenvalue weighted by Crippen LogP contribution is -2.67. The molecular formula is C27H32N2O5Si. The number of aryl methyl sites for hydroxylation is 1. The van der Waals surface area contributed by atoms with Gasteiger partial charge in [0.25, 0.3) is 13.9 Å². The van der Waals surface area contributed by atoms with Crippen molar-refractivity contribution in [2.45, 2.75) is 51.5 Å². The number of ether oxygens (including phenoxy) is 1. The van der Waals surface area contributed by atoms with Gasteiger partial charge in [-0.2, -0.15) is 0 Å². The standard InChI is InChI=1S/C27H32N2O5Si/c1-19-16-29(26(32)28-25(19)31)24-15-20(17-30)23(34-24)18-33-35(27(2,3)4,21-11-7-5-8-12-21)22-13-9-6-10-14-22/h5-14,16-17,20,23-24H,15,18H2,1-4H3,(H,28,31,32)/t20-,23+,24-/m1/s1. The van der Waals surface area contributed by atoms with Crippen LogP contribution < -0.4 is 21.6 Å². The zero-order valence-corrected chi connectivity index (χ0v) is 21.6. The van der Waals surface area contributed by atoms with Crippen molar-refractivity contribution in [3.8, 4) is 0 Å². The van der Waals surface area contributed by atoms with Gasteiger partial charge in [0.2, 0.25) is 0 Å². The van der Waals surface area contributed by atoms with Gasteiger partial charge in [-0.25, -0.2) is 4.79 Å². The smallest absolute Gasteiger partial charge is 0.330 e. The fourth-order valence-electron chi connectivity index (χ4n) is 5.00. The highest BCUT2D eigenvalue weighted by Crippen LogP contribution is 2.38. The average molecular weight is 493 g/mol. The summed E-state index contributed by atoms with van der Waals surface area (Å²) < 4.78 is 14.5. The molecule has 35 heavy (non-hydrogen) atoms. The number of carbonyl (C=O) groups excluding carboxylic acids is 1. The molecule has 184 valence electrons. The highest BCUT2D eigenvalue weighted by Gasteiger charge is 2.51. The highest BCUT2D eigenvalue weighted by atomic mass is 28.4. The first-order valence-electron chi connectivity index (χ1n) is 11.8. The van der Waals surface area contributed by atoms with Crippen molar-refractivity contribution in [2.24, 2.45) is 5.92 Å². The first kappa shape index (κ1) is 25.0. The minimum absolute atomic E-state index is 0.211. The summed E-state index contributed by atoms with van der Waals surface area (Å²) in [5, 5.41) is 2.07. The molecule has 0 radical (unpaired) electrons. The largest absolute Gasteiger partial charge is 0.405 e. The minimum Gasteiger partial charge on any atom is -0.405 e. The van der Waals surface area contributed by atoms with Gasteiger partial charge < -0.3 is 14.0 Å². The predicted octanol–water partition coefficient (Wildman–Crippen LogP) is 2.52. The molecule has 0 saturated carbocycles. The van der Waals surface area contributed by atoms with Crippen LogP contribution in [0, 0.1) is 12.8 Å². The molecule has 0 aliphatic carbocycles. The predicted molar refractivity (Wildman–Crippen MR) is 138 cm³/mol. The highest BCUT2D eigenvalue weighted by molar-refractivity contribution is 6.99. The number of aromatic amines is 1. The Labute approximate surface area is 205 Å². The van der Waals surface area contributed by atoms with Gasteiger partial charge in [0.15, 0.2) is 0 Å². The fraction of sp³-hybridized carbons (Fsp3) is 0.370. The van der Waals surface area contributed by atoms with E-state index in [0.717, 1.165) is 16.7 Å². The number of benzene rings is 2. The number of rotatable bonds is 7. The van der Waals surface area contributed by atoms with Crippen LogP contribution in [0.15, 0.2) is 76.4 Å². The third-order valence-corrected chi connectivity index (χ3v) is 11.8. The molecule has 0 amide bonds. The van der Waals surface area contributed by atoms with Gasteiger partial charge in [-0.1, -0.05) is 81.4 Å². The quantitative estimate of drug-likeness (QED) is 0.404. The van der Waals surface area contributed by atoms with Crippen molar-refractivity contribution in [2.75, 3.05) is 6.61 Å². The van der Waals surface area contributed by atoms with Gasteiger partial charge in [-0.05, 0) is 22.3 Å². The molecule has 3 atom stereocenters. The average Bonchev–Trinajstić information content (AvgIpc) is 3.25. The molecule has 0 spiro atoms. The van der Waals surface area contributed by atoms with Gasteiger partial charge in [0, 0.05) is 24.1 Å². The molecule has 2 aromatic carbocycles. The van der Waals surface area contributed by atoms with Crippen LogP contribution in [0.2, 0.25) is 5.04 Å². The topological polar surface area (TPSA) is 90.4 Å². The summed E-state index contributed by atoms with van der Waals surface area (Å²) in [6, 6.07) is 20.5. The number of aromatic nitrogens is 2. The molecule has 4 rings (SSSR count). The van der Waals surface area contributed by atoms with Crippen LogP contribution >= 0.6 is 0 Å². The van der Waals surface area contributed by atoms with Crippen LogP contribution in [0.5, 0.6) is 0 Å². The van der Waals surface area contributed by atoms with Gasteiger partial charge >= 0.3 is 5.69 Å². The van der Waals surface area contributed by atoms with Crippen molar-refractivity contribution >= 4 is 25.0 Å². The summed E-state index contributed by atoms with van der Waals surface area (Å²) in [5.41, 5.74) is -0.575. The van der Waals surface area contributed by atoms with E-state index in [1.54, 1.807) is 6.92 Å². The number of H-pyrrole nitrogens is 1. The maximum absolute atomic E-state index is 12.4. The molecule has 2 heterocycles. The van der Waals surface area contributed by atoms with E-state index in [4.69, 9.17) is 9.16 Å². The Morgan fingerprint density at radius 3 is 2.14 bits per heavy atom. The van der Waals surface area contributed by atoms with Gasteiger partial charge in [0.1, 0.15) is 12.5 Å². The molecular weight excluding hydrogens is 460 g/mol. The van der Waals surface area contributed by atoms with Gasteiger partial charge in [0.05, 0.1) is 12.7 Å². The summed E-state index contributed by atoms with van der Waals surface area (Å²) >= 11 is 0. The fourth-order valence-corrected chi connectivity index (χ4v) is 9.57. The van der Waals surface area contributed by atoms with Crippen LogP contribution in [0.25, 0.3) is 0 Å². The van der Waals surface area contributed by atoms with E-state index >= 15 is 0 Å². The van der Waals surface area contributed by atoms with Gasteiger partial charge in [-0.15, -0.1) is 0 Å². The first-order valence-corrected chi connectivity index (χ1v) is 13.8. The van der Waals surface area contributed by atoms with E-state index in [0.29, 0.717) is 12.0 Å². The van der Waals surface area contributed by atoms with Crippen LogP contribution in [0.3, 0.4) is 0 Å². The van der Waals surface area contributed by atoms with E-state index < -0.39 is 37.8 Å². The van der Waals surface area contributed by atoms with Crippen molar-refractivity contribution < 1.29 is 14.0 Å². The van der Waals surface area contributed by atoms with Crippen LogP contribution in [0.4, 0.5) is 0 Å². The molecule has 1 N–H and O–H groups in total. The summed E-state index contributed by atoms with van der Waals surface area (Å²) in [6.45, 7) is 8.42. The summed E-state index contributed by atoms with van der Waals surface area (Å²) in [6.07, 6.45) is 1.53. The maximum atomic E-state index is 12.4. The first-order chi connectivity index (χ1) is 16.7. The lowest BCUT2D eigenvalue weighted by atomic mass is 10.0. The zero-order valence-electron chi connectivity index (χ0n) is 20.6. The number of hydrogen-bond acceptors (Lipinski definition) is 5. The number of carbonyl (C=O) groups is 1. The lowest BCUT2D eigenvalue weighted by molar-refractivity contribution is -0.113. The minimum atomic E-state index is -2.80. The molecule has 0 bridgehead atoms. The Balaban J connectivity index is 1.69. The zero-order chi connectivity index (χ0) is 25.2. The number of nitrogens with zero attached hydrogens (tertiary/aromatic N) is 1. The van der Waals surface area contributed by atoms with Crippen molar-refractivity contribution in [3.05, 3.63) is 93.3 Å². The lowest BCUT2D eigenvalue weighted by Gasteiger charge is -2.43. The Hall–Kier alpha value is -3.07. The molecule has 1 aromatic heterocycles. The van der Waals surface area contributed by atoms with Crippen LogP contribution in [-0.2, 0) is 14.0 Å². The van der Waals surface area contributed by atoms with Crippen molar-refractivity contribution in [3.63, 3.8) is 0 Å². The Morgan fingerprint density at radius 1 is 1.06 bits per heavy atom. The third-order valence-electron chi connectivity index (χ3n) is 6.80. The van der Waals surface area contributed by atoms with Crippen molar-refractivity contribution in [1.29, 1.82) is 0 Å². The number of aldehydes is 1. The molecule has 1 aliphatic rings. The van der Waals surface area contributed by atoms with Gasteiger partial charge in [-0.3, -0.25) is 14.3 Å². The molecule has 1 aliphatic heterocycles. The third kappa shape index (κ3) is 4.74.